The van der Waals surface area contributed by atoms with E-state index in [1.54, 1.807) is 6.20 Å². The predicted molar refractivity (Wildman–Crippen MR) is 96.7 cm³/mol. The Kier molecular flexibility index (Phi) is 5.24. The number of amides is 1. The molecule has 1 amide bonds. The summed E-state index contributed by atoms with van der Waals surface area (Å²) in [6.07, 6.45) is 11.4. The van der Waals surface area contributed by atoms with Crippen molar-refractivity contribution >= 4 is 5.91 Å². The van der Waals surface area contributed by atoms with Crippen molar-refractivity contribution in [2.24, 2.45) is 0 Å². The highest BCUT2D eigenvalue weighted by atomic mass is 16.5. The second-order valence-electron chi connectivity index (χ2n) is 7.60. The summed E-state index contributed by atoms with van der Waals surface area (Å²) in [5, 5.41) is 7.51. The van der Waals surface area contributed by atoms with Crippen LogP contribution in [0.3, 0.4) is 0 Å². The SMILES string of the molecule is Cc1nccn1CC(=O)NC1(c2noc(C3CCCO3)n2)CCCCCC1. The number of nitrogens with zero attached hydrogens (tertiary/aromatic N) is 4. The molecule has 2 aliphatic rings. The van der Waals surface area contributed by atoms with E-state index in [2.05, 4.69) is 20.4 Å². The molecule has 0 spiro atoms. The van der Waals surface area contributed by atoms with Gasteiger partial charge in [0.05, 0.1) is 0 Å². The van der Waals surface area contributed by atoms with Gasteiger partial charge in [-0.25, -0.2) is 4.98 Å². The average Bonchev–Trinajstić information content (AvgIpc) is 3.38. The van der Waals surface area contributed by atoms with Gasteiger partial charge in [-0.3, -0.25) is 4.79 Å². The molecule has 8 nitrogen and oxygen atoms in total. The lowest BCUT2D eigenvalue weighted by atomic mass is 9.89. The molecule has 0 aromatic carbocycles. The highest BCUT2D eigenvalue weighted by Crippen LogP contribution is 2.36. The summed E-state index contributed by atoms with van der Waals surface area (Å²) < 4.78 is 13.0. The maximum Gasteiger partial charge on any atom is 0.255 e. The molecular formula is C19H27N5O3. The molecular weight excluding hydrogens is 346 g/mol. The van der Waals surface area contributed by atoms with Crippen LogP contribution in [0.1, 0.15) is 75.0 Å². The maximum atomic E-state index is 12.8. The number of hydrogen-bond donors (Lipinski definition) is 1. The fourth-order valence-corrected chi connectivity index (χ4v) is 4.10. The number of carbonyl (C=O) groups excluding carboxylic acids is 1. The van der Waals surface area contributed by atoms with Crippen LogP contribution >= 0.6 is 0 Å². The molecule has 0 bridgehead atoms. The van der Waals surface area contributed by atoms with E-state index < -0.39 is 5.54 Å². The highest BCUT2D eigenvalue weighted by molar-refractivity contribution is 5.76. The van der Waals surface area contributed by atoms with Crippen molar-refractivity contribution in [1.82, 2.24) is 25.0 Å². The molecule has 4 rings (SSSR count). The molecule has 1 aliphatic carbocycles. The van der Waals surface area contributed by atoms with Crippen molar-refractivity contribution in [2.45, 2.75) is 76.5 Å². The molecule has 2 aromatic rings. The number of nitrogens with one attached hydrogen (secondary N) is 1. The van der Waals surface area contributed by atoms with E-state index >= 15 is 0 Å². The van der Waals surface area contributed by atoms with E-state index in [4.69, 9.17) is 9.26 Å². The topological polar surface area (TPSA) is 95.1 Å². The van der Waals surface area contributed by atoms with Gasteiger partial charge < -0.3 is 19.1 Å². The number of carbonyl (C=O) groups is 1. The molecule has 8 heteroatoms. The van der Waals surface area contributed by atoms with Crippen LogP contribution in [0.5, 0.6) is 0 Å². The van der Waals surface area contributed by atoms with E-state index in [9.17, 15) is 4.79 Å². The first-order valence-electron chi connectivity index (χ1n) is 9.91. The van der Waals surface area contributed by atoms with Crippen LogP contribution in [-0.2, 0) is 21.6 Å². The lowest BCUT2D eigenvalue weighted by Crippen LogP contribution is -2.47. The molecule has 2 fully saturated rings. The minimum absolute atomic E-state index is 0.0542. The smallest absolute Gasteiger partial charge is 0.255 e. The molecule has 3 heterocycles. The van der Waals surface area contributed by atoms with Gasteiger partial charge in [-0.05, 0) is 32.6 Å². The number of hydrogen-bond acceptors (Lipinski definition) is 6. The predicted octanol–water partition coefficient (Wildman–Crippen LogP) is 2.79. The largest absolute Gasteiger partial charge is 0.368 e. The van der Waals surface area contributed by atoms with Gasteiger partial charge in [0.1, 0.15) is 24.0 Å². The number of rotatable bonds is 5. The average molecular weight is 373 g/mol. The van der Waals surface area contributed by atoms with Crippen LogP contribution in [0, 0.1) is 6.92 Å². The zero-order valence-electron chi connectivity index (χ0n) is 15.8. The first kappa shape index (κ1) is 18.2. The second-order valence-corrected chi connectivity index (χ2v) is 7.60. The van der Waals surface area contributed by atoms with E-state index in [1.807, 2.05) is 17.7 Å². The van der Waals surface area contributed by atoms with E-state index in [1.165, 1.54) is 0 Å². The Morgan fingerprint density at radius 2 is 2.11 bits per heavy atom. The summed E-state index contributed by atoms with van der Waals surface area (Å²) in [4.78, 5) is 21.7. The molecule has 1 saturated carbocycles. The summed E-state index contributed by atoms with van der Waals surface area (Å²) in [6, 6.07) is 0. The Bertz CT molecular complexity index is 770. The summed E-state index contributed by atoms with van der Waals surface area (Å²) in [5.41, 5.74) is -0.567. The van der Waals surface area contributed by atoms with E-state index in [-0.39, 0.29) is 18.6 Å². The van der Waals surface area contributed by atoms with Gasteiger partial charge in [0.15, 0.2) is 5.82 Å². The fraction of sp³-hybridized carbons (Fsp3) is 0.684. The van der Waals surface area contributed by atoms with Crippen molar-refractivity contribution < 1.29 is 14.1 Å². The monoisotopic (exact) mass is 373 g/mol. The van der Waals surface area contributed by atoms with Gasteiger partial charge in [-0.2, -0.15) is 4.98 Å². The maximum absolute atomic E-state index is 12.8. The van der Waals surface area contributed by atoms with Gasteiger partial charge in [-0.1, -0.05) is 30.8 Å². The number of aryl methyl sites for hydroxylation is 1. The third-order valence-electron chi connectivity index (χ3n) is 5.65. The van der Waals surface area contributed by atoms with Gasteiger partial charge in [0.25, 0.3) is 5.89 Å². The van der Waals surface area contributed by atoms with Crippen LogP contribution in [0.15, 0.2) is 16.9 Å². The van der Waals surface area contributed by atoms with Gasteiger partial charge in [-0.15, -0.1) is 0 Å². The molecule has 1 N–H and O–H groups in total. The standard InChI is InChI=1S/C19H27N5O3/c1-14-20-10-11-24(14)13-16(25)22-19(8-4-2-3-5-9-19)18-21-17(27-23-18)15-7-6-12-26-15/h10-11,15H,2-9,12-13H2,1H3,(H,22,25). The third-order valence-corrected chi connectivity index (χ3v) is 5.65. The van der Waals surface area contributed by atoms with Crippen LogP contribution in [0.2, 0.25) is 0 Å². The zero-order valence-corrected chi connectivity index (χ0v) is 15.8. The van der Waals surface area contributed by atoms with Crippen LogP contribution in [-0.4, -0.2) is 32.2 Å². The Hall–Kier alpha value is -2.22. The van der Waals surface area contributed by atoms with Crippen molar-refractivity contribution in [3.63, 3.8) is 0 Å². The molecule has 1 unspecified atom stereocenters. The highest BCUT2D eigenvalue weighted by Gasteiger charge is 2.40. The quantitative estimate of drug-likeness (QED) is 0.810. The Labute approximate surface area is 158 Å². The van der Waals surface area contributed by atoms with Crippen molar-refractivity contribution in [3.8, 4) is 0 Å². The van der Waals surface area contributed by atoms with E-state index in [0.29, 0.717) is 11.7 Å². The molecule has 146 valence electrons. The number of aromatic nitrogens is 4. The number of imidazole rings is 1. The summed E-state index contributed by atoms with van der Waals surface area (Å²) in [6.45, 7) is 2.86. The second kappa shape index (κ2) is 7.80. The van der Waals surface area contributed by atoms with Crippen LogP contribution < -0.4 is 5.32 Å². The zero-order chi connectivity index (χ0) is 18.7. The van der Waals surface area contributed by atoms with Gasteiger partial charge in [0, 0.05) is 19.0 Å². The normalized spacial score (nSPS) is 22.5. The summed E-state index contributed by atoms with van der Waals surface area (Å²) >= 11 is 0. The summed E-state index contributed by atoms with van der Waals surface area (Å²) in [5.74, 6) is 1.89. The van der Waals surface area contributed by atoms with Crippen molar-refractivity contribution in [2.75, 3.05) is 6.61 Å². The number of ether oxygens (including phenoxy) is 1. The molecule has 1 aliphatic heterocycles. The first-order chi connectivity index (χ1) is 13.2. The fourth-order valence-electron chi connectivity index (χ4n) is 4.10. The van der Waals surface area contributed by atoms with Crippen LogP contribution in [0.25, 0.3) is 0 Å². The van der Waals surface area contributed by atoms with Gasteiger partial charge >= 0.3 is 0 Å². The summed E-state index contributed by atoms with van der Waals surface area (Å²) in [7, 11) is 0. The minimum atomic E-state index is -0.567. The lowest BCUT2D eigenvalue weighted by molar-refractivity contribution is -0.124. The molecule has 2 aromatic heterocycles. The molecule has 1 saturated heterocycles. The first-order valence-corrected chi connectivity index (χ1v) is 9.91. The Balaban J connectivity index is 1.55. The Morgan fingerprint density at radius 1 is 1.30 bits per heavy atom. The lowest BCUT2D eigenvalue weighted by Gasteiger charge is -2.31. The molecule has 27 heavy (non-hydrogen) atoms. The molecule has 1 atom stereocenters. The van der Waals surface area contributed by atoms with Crippen molar-refractivity contribution in [1.29, 1.82) is 0 Å². The van der Waals surface area contributed by atoms with E-state index in [0.717, 1.165) is 63.8 Å². The molecule has 0 radical (unpaired) electrons. The third kappa shape index (κ3) is 3.90. The van der Waals surface area contributed by atoms with Crippen molar-refractivity contribution in [3.05, 3.63) is 29.9 Å². The van der Waals surface area contributed by atoms with Gasteiger partial charge in [0.2, 0.25) is 5.91 Å². The Morgan fingerprint density at radius 3 is 2.78 bits per heavy atom. The van der Waals surface area contributed by atoms with Crippen LogP contribution in [0.4, 0.5) is 0 Å². The minimum Gasteiger partial charge on any atom is -0.368 e.